The minimum Gasteiger partial charge on any atom is -0.326 e. The van der Waals surface area contributed by atoms with Crippen LogP contribution in [0, 0.1) is 5.82 Å². The second-order valence-corrected chi connectivity index (χ2v) is 5.71. The number of hydrogen-bond donors (Lipinski definition) is 3. The van der Waals surface area contributed by atoms with Gasteiger partial charge in [0.1, 0.15) is 12.4 Å². The lowest BCUT2D eigenvalue weighted by Gasteiger charge is -2.14. The van der Waals surface area contributed by atoms with Crippen LogP contribution in [0.5, 0.6) is 0 Å². The summed E-state index contributed by atoms with van der Waals surface area (Å²) in [6.07, 6.45) is 0. The monoisotopic (exact) mass is 330 g/mol. The molecule has 0 fully saturated rings. The standard InChI is InChI=1S/C18H20FN3O2/c1-13(23)20-15-7-9-16(10-8-15)21-18(24)12-22(2)11-14-5-3-4-6-17(14)19/h3-10H,11-12H2,1-2H3,(H,20,23)(H,21,24)/p+1. The van der Waals surface area contributed by atoms with Gasteiger partial charge in [-0.2, -0.15) is 0 Å². The summed E-state index contributed by atoms with van der Waals surface area (Å²) in [5, 5.41) is 5.45. The van der Waals surface area contributed by atoms with Crippen LogP contribution in [0.15, 0.2) is 48.5 Å². The highest BCUT2D eigenvalue weighted by atomic mass is 19.1. The smallest absolute Gasteiger partial charge is 0.279 e. The molecule has 3 N–H and O–H groups in total. The fourth-order valence-electron chi connectivity index (χ4n) is 2.35. The van der Waals surface area contributed by atoms with Crippen molar-refractivity contribution in [2.24, 2.45) is 0 Å². The molecule has 0 aliphatic carbocycles. The van der Waals surface area contributed by atoms with Crippen LogP contribution >= 0.6 is 0 Å². The lowest BCUT2D eigenvalue weighted by Crippen LogP contribution is -3.08. The highest BCUT2D eigenvalue weighted by Crippen LogP contribution is 2.13. The van der Waals surface area contributed by atoms with Crippen LogP contribution in [0.3, 0.4) is 0 Å². The van der Waals surface area contributed by atoms with E-state index < -0.39 is 0 Å². The van der Waals surface area contributed by atoms with E-state index in [-0.39, 0.29) is 24.2 Å². The van der Waals surface area contributed by atoms with Gasteiger partial charge in [0.15, 0.2) is 6.54 Å². The number of rotatable bonds is 6. The van der Waals surface area contributed by atoms with Gasteiger partial charge in [-0.05, 0) is 30.3 Å². The predicted octanol–water partition coefficient (Wildman–Crippen LogP) is 1.44. The lowest BCUT2D eigenvalue weighted by atomic mass is 10.2. The summed E-state index contributed by atoms with van der Waals surface area (Å²) in [5.41, 5.74) is 1.90. The molecule has 0 aliphatic heterocycles. The molecule has 0 aromatic heterocycles. The van der Waals surface area contributed by atoms with Gasteiger partial charge in [0, 0.05) is 23.9 Å². The summed E-state index contributed by atoms with van der Waals surface area (Å²) in [5.74, 6) is -0.563. The third kappa shape index (κ3) is 5.48. The van der Waals surface area contributed by atoms with Gasteiger partial charge >= 0.3 is 0 Å². The van der Waals surface area contributed by atoms with E-state index in [1.807, 2.05) is 7.05 Å². The van der Waals surface area contributed by atoms with Crippen molar-refractivity contribution in [1.82, 2.24) is 0 Å². The van der Waals surface area contributed by atoms with E-state index in [0.29, 0.717) is 23.5 Å². The third-order valence-corrected chi connectivity index (χ3v) is 3.40. The molecule has 2 rings (SSSR count). The van der Waals surface area contributed by atoms with Crippen molar-refractivity contribution in [2.45, 2.75) is 13.5 Å². The Morgan fingerprint density at radius 3 is 2.17 bits per heavy atom. The molecule has 1 unspecified atom stereocenters. The molecule has 0 radical (unpaired) electrons. The van der Waals surface area contributed by atoms with Gasteiger partial charge in [-0.1, -0.05) is 18.2 Å². The molecule has 2 aromatic carbocycles. The topological polar surface area (TPSA) is 62.6 Å². The van der Waals surface area contributed by atoms with Crippen LogP contribution in [-0.2, 0) is 16.1 Å². The fourth-order valence-corrected chi connectivity index (χ4v) is 2.35. The molecule has 126 valence electrons. The van der Waals surface area contributed by atoms with Crippen molar-refractivity contribution in [3.05, 3.63) is 59.9 Å². The molecule has 0 spiro atoms. The molecular formula is C18H21FN3O2+. The Kier molecular flexibility index (Phi) is 6.03. The van der Waals surface area contributed by atoms with E-state index >= 15 is 0 Å². The Labute approximate surface area is 140 Å². The number of carbonyl (C=O) groups excluding carboxylic acids is 2. The Morgan fingerprint density at radius 2 is 1.58 bits per heavy atom. The van der Waals surface area contributed by atoms with Crippen molar-refractivity contribution in [1.29, 1.82) is 0 Å². The van der Waals surface area contributed by atoms with E-state index in [2.05, 4.69) is 10.6 Å². The molecule has 0 bridgehead atoms. The summed E-state index contributed by atoms with van der Waals surface area (Å²) >= 11 is 0. The Hall–Kier alpha value is -2.73. The maximum atomic E-state index is 13.6. The highest BCUT2D eigenvalue weighted by Gasteiger charge is 2.13. The van der Waals surface area contributed by atoms with Crippen LogP contribution in [0.4, 0.5) is 15.8 Å². The van der Waals surface area contributed by atoms with Crippen molar-refractivity contribution in [3.8, 4) is 0 Å². The zero-order valence-corrected chi connectivity index (χ0v) is 13.7. The summed E-state index contributed by atoms with van der Waals surface area (Å²) in [7, 11) is 1.84. The normalized spacial score (nSPS) is 11.6. The summed E-state index contributed by atoms with van der Waals surface area (Å²) in [6.45, 7) is 2.09. The minimum absolute atomic E-state index is 0.148. The average molecular weight is 330 g/mol. The van der Waals surface area contributed by atoms with Crippen LogP contribution in [0.25, 0.3) is 0 Å². The Bertz CT molecular complexity index is 716. The quantitative estimate of drug-likeness (QED) is 0.750. The fraction of sp³-hybridized carbons (Fsp3) is 0.222. The van der Waals surface area contributed by atoms with Crippen molar-refractivity contribution >= 4 is 23.2 Å². The number of likely N-dealkylation sites (N-methyl/N-ethyl adjacent to an activating group) is 1. The van der Waals surface area contributed by atoms with E-state index in [4.69, 9.17) is 0 Å². The molecule has 2 amide bonds. The molecule has 24 heavy (non-hydrogen) atoms. The van der Waals surface area contributed by atoms with Crippen molar-refractivity contribution in [3.63, 3.8) is 0 Å². The number of carbonyl (C=O) groups is 2. The molecule has 6 heteroatoms. The zero-order chi connectivity index (χ0) is 17.5. The van der Waals surface area contributed by atoms with Gasteiger partial charge in [0.25, 0.3) is 5.91 Å². The van der Waals surface area contributed by atoms with Crippen LogP contribution in [-0.4, -0.2) is 25.4 Å². The van der Waals surface area contributed by atoms with Crippen LogP contribution in [0.2, 0.25) is 0 Å². The largest absolute Gasteiger partial charge is 0.326 e. The second-order valence-electron chi connectivity index (χ2n) is 5.71. The van der Waals surface area contributed by atoms with Crippen LogP contribution < -0.4 is 15.5 Å². The average Bonchev–Trinajstić information content (AvgIpc) is 2.51. The first-order valence-electron chi connectivity index (χ1n) is 7.66. The first-order chi connectivity index (χ1) is 11.4. The molecule has 0 aliphatic rings. The number of anilines is 2. The summed E-state index contributed by atoms with van der Waals surface area (Å²) in [6, 6.07) is 13.4. The molecule has 2 aromatic rings. The van der Waals surface area contributed by atoms with E-state index in [1.54, 1.807) is 42.5 Å². The van der Waals surface area contributed by atoms with Crippen LogP contribution in [0.1, 0.15) is 12.5 Å². The van der Waals surface area contributed by atoms with Gasteiger partial charge in [-0.3, -0.25) is 9.59 Å². The van der Waals surface area contributed by atoms with Gasteiger partial charge in [0.05, 0.1) is 7.05 Å². The maximum Gasteiger partial charge on any atom is 0.279 e. The minimum atomic E-state index is -0.259. The number of benzene rings is 2. The third-order valence-electron chi connectivity index (χ3n) is 3.40. The zero-order valence-electron chi connectivity index (χ0n) is 13.7. The maximum absolute atomic E-state index is 13.6. The summed E-state index contributed by atoms with van der Waals surface area (Å²) < 4.78 is 13.6. The first-order valence-corrected chi connectivity index (χ1v) is 7.66. The molecule has 0 saturated heterocycles. The Morgan fingerprint density at radius 1 is 1.00 bits per heavy atom. The molecular weight excluding hydrogens is 309 g/mol. The first kappa shape index (κ1) is 17.6. The number of hydrogen-bond acceptors (Lipinski definition) is 2. The predicted molar refractivity (Wildman–Crippen MR) is 91.2 cm³/mol. The number of quaternary nitrogens is 1. The number of amides is 2. The van der Waals surface area contributed by atoms with Crippen molar-refractivity contribution < 1.29 is 18.9 Å². The SMILES string of the molecule is CC(=O)Nc1ccc(NC(=O)C[NH+](C)Cc2ccccc2F)cc1. The Balaban J connectivity index is 1.86. The van der Waals surface area contributed by atoms with E-state index in [1.165, 1.54) is 13.0 Å². The second kappa shape index (κ2) is 8.21. The van der Waals surface area contributed by atoms with E-state index in [9.17, 15) is 14.0 Å². The highest BCUT2D eigenvalue weighted by molar-refractivity contribution is 5.92. The number of nitrogens with one attached hydrogen (secondary N) is 3. The van der Waals surface area contributed by atoms with Gasteiger partial charge < -0.3 is 15.5 Å². The van der Waals surface area contributed by atoms with Gasteiger partial charge in [-0.15, -0.1) is 0 Å². The summed E-state index contributed by atoms with van der Waals surface area (Å²) in [4.78, 5) is 23.9. The van der Waals surface area contributed by atoms with Gasteiger partial charge in [-0.25, -0.2) is 4.39 Å². The van der Waals surface area contributed by atoms with Gasteiger partial charge in [0.2, 0.25) is 5.91 Å². The van der Waals surface area contributed by atoms with Crippen molar-refractivity contribution in [2.75, 3.05) is 24.2 Å². The molecule has 0 saturated carbocycles. The molecule has 5 nitrogen and oxygen atoms in total. The molecule has 1 atom stereocenters. The number of halogens is 1. The van der Waals surface area contributed by atoms with E-state index in [0.717, 1.165) is 4.90 Å². The lowest BCUT2D eigenvalue weighted by molar-refractivity contribution is -0.885. The molecule has 0 heterocycles.